The van der Waals surface area contributed by atoms with Gasteiger partial charge >= 0.3 is 10.1 Å². The Balaban J connectivity index is 2.51. The van der Waals surface area contributed by atoms with E-state index in [9.17, 15) is 13.2 Å². The number of hydrogen-bond donors (Lipinski definition) is 0. The summed E-state index contributed by atoms with van der Waals surface area (Å²) >= 11 is 0. The first kappa shape index (κ1) is 18.6. The molecule has 0 N–H and O–H groups in total. The van der Waals surface area contributed by atoms with Crippen molar-refractivity contribution < 1.29 is 31.6 Å². The highest BCUT2D eigenvalue weighted by molar-refractivity contribution is 7.87. The first-order chi connectivity index (χ1) is 11.8. The maximum Gasteiger partial charge on any atom is 0.339 e. The van der Waals surface area contributed by atoms with Crippen molar-refractivity contribution in [3.05, 3.63) is 42.0 Å². The largest absolute Gasteiger partial charge is 0.497 e. The maximum atomic E-state index is 12.5. The molecule has 2 rings (SSSR count). The van der Waals surface area contributed by atoms with E-state index < -0.39 is 15.9 Å². The summed E-state index contributed by atoms with van der Waals surface area (Å²) in [5.41, 5.74) is 0.0142. The summed E-state index contributed by atoms with van der Waals surface area (Å²) in [5, 5.41) is 0. The van der Waals surface area contributed by atoms with Gasteiger partial charge in [0.25, 0.3) is 0 Å². The number of benzene rings is 2. The summed E-state index contributed by atoms with van der Waals surface area (Å²) in [6.07, 6.45) is 0. The van der Waals surface area contributed by atoms with Gasteiger partial charge in [-0.1, -0.05) is 0 Å². The number of rotatable bonds is 7. The van der Waals surface area contributed by atoms with Gasteiger partial charge in [0.1, 0.15) is 27.7 Å². The van der Waals surface area contributed by atoms with E-state index in [-0.39, 0.29) is 22.0 Å². The normalized spacial score (nSPS) is 10.9. The first-order valence-electron chi connectivity index (χ1n) is 7.18. The van der Waals surface area contributed by atoms with Crippen LogP contribution in [0.5, 0.6) is 23.0 Å². The average Bonchev–Trinajstić information content (AvgIpc) is 2.60. The standard InChI is InChI=1S/C17H18O7S/c1-11(18)17-15(23-4)9-13(22-3)10-16(17)24-25(19,20)14-7-5-12(21-2)6-8-14/h5-10H,1-4H3. The van der Waals surface area contributed by atoms with Crippen LogP contribution >= 0.6 is 0 Å². The Morgan fingerprint density at radius 3 is 1.88 bits per heavy atom. The molecule has 0 radical (unpaired) electrons. The first-order valence-corrected chi connectivity index (χ1v) is 8.58. The number of ketones is 1. The Morgan fingerprint density at radius 1 is 0.840 bits per heavy atom. The van der Waals surface area contributed by atoms with Gasteiger partial charge in [0.15, 0.2) is 11.5 Å². The van der Waals surface area contributed by atoms with Crippen molar-refractivity contribution >= 4 is 15.9 Å². The summed E-state index contributed by atoms with van der Waals surface area (Å²) in [5.74, 6) is 0.388. The van der Waals surface area contributed by atoms with Gasteiger partial charge < -0.3 is 18.4 Å². The van der Waals surface area contributed by atoms with E-state index in [0.717, 1.165) is 0 Å². The Hall–Kier alpha value is -2.74. The molecule has 0 amide bonds. The van der Waals surface area contributed by atoms with Crippen molar-refractivity contribution in [2.75, 3.05) is 21.3 Å². The molecule has 0 aliphatic heterocycles. The molecule has 0 heterocycles. The number of methoxy groups -OCH3 is 3. The average molecular weight is 366 g/mol. The zero-order valence-corrected chi connectivity index (χ0v) is 15.0. The molecule has 0 spiro atoms. The van der Waals surface area contributed by atoms with Crippen LogP contribution in [-0.4, -0.2) is 35.5 Å². The SMILES string of the molecule is COc1ccc(S(=O)(=O)Oc2cc(OC)cc(OC)c2C(C)=O)cc1. The monoisotopic (exact) mass is 366 g/mol. The molecule has 0 aliphatic rings. The molecule has 134 valence electrons. The van der Waals surface area contributed by atoms with E-state index in [4.69, 9.17) is 18.4 Å². The molecule has 0 unspecified atom stereocenters. The van der Waals surface area contributed by atoms with Crippen LogP contribution in [0.15, 0.2) is 41.3 Å². The van der Waals surface area contributed by atoms with Crippen molar-refractivity contribution in [2.45, 2.75) is 11.8 Å². The van der Waals surface area contributed by atoms with Crippen LogP contribution < -0.4 is 18.4 Å². The summed E-state index contributed by atoms with van der Waals surface area (Å²) in [7, 11) is 0.0815. The van der Waals surface area contributed by atoms with Gasteiger partial charge in [-0.25, -0.2) is 0 Å². The minimum atomic E-state index is -4.16. The zero-order chi connectivity index (χ0) is 18.6. The maximum absolute atomic E-state index is 12.5. The predicted octanol–water partition coefficient (Wildman–Crippen LogP) is 2.68. The molecule has 0 bridgehead atoms. The summed E-state index contributed by atoms with van der Waals surface area (Å²) in [4.78, 5) is 11.9. The Morgan fingerprint density at radius 2 is 1.40 bits per heavy atom. The second-order valence-electron chi connectivity index (χ2n) is 4.97. The fraction of sp³-hybridized carbons (Fsp3) is 0.235. The third kappa shape index (κ3) is 4.03. The molecule has 0 saturated carbocycles. The van der Waals surface area contributed by atoms with Gasteiger partial charge in [-0.2, -0.15) is 8.42 Å². The Labute approximate surface area is 146 Å². The molecule has 8 heteroatoms. The van der Waals surface area contributed by atoms with Gasteiger partial charge in [-0.15, -0.1) is 0 Å². The predicted molar refractivity (Wildman–Crippen MR) is 90.4 cm³/mol. The van der Waals surface area contributed by atoms with Crippen LogP contribution in [0, 0.1) is 0 Å². The van der Waals surface area contributed by atoms with Gasteiger partial charge in [-0.05, 0) is 31.2 Å². The summed E-state index contributed by atoms with van der Waals surface area (Å²) in [6.45, 7) is 1.29. The highest BCUT2D eigenvalue weighted by Crippen LogP contribution is 2.36. The molecule has 2 aromatic carbocycles. The lowest BCUT2D eigenvalue weighted by Gasteiger charge is -2.15. The number of ether oxygens (including phenoxy) is 3. The number of carbonyl (C=O) groups excluding carboxylic acids is 1. The number of carbonyl (C=O) groups is 1. The molecular weight excluding hydrogens is 348 g/mol. The van der Waals surface area contributed by atoms with Crippen LogP contribution in [0.3, 0.4) is 0 Å². The van der Waals surface area contributed by atoms with Gasteiger partial charge in [0, 0.05) is 12.1 Å². The molecule has 25 heavy (non-hydrogen) atoms. The fourth-order valence-electron chi connectivity index (χ4n) is 2.17. The third-order valence-electron chi connectivity index (χ3n) is 3.39. The molecule has 7 nitrogen and oxygen atoms in total. The smallest absolute Gasteiger partial charge is 0.339 e. The van der Waals surface area contributed by atoms with Crippen molar-refractivity contribution in [3.8, 4) is 23.0 Å². The molecule has 0 fully saturated rings. The minimum absolute atomic E-state index is 0.0142. The van der Waals surface area contributed by atoms with E-state index in [1.165, 1.54) is 64.7 Å². The van der Waals surface area contributed by atoms with E-state index in [2.05, 4.69) is 0 Å². The van der Waals surface area contributed by atoms with E-state index in [1.54, 1.807) is 0 Å². The quantitative estimate of drug-likeness (QED) is 0.550. The summed E-state index contributed by atoms with van der Waals surface area (Å²) in [6, 6.07) is 8.48. The topological polar surface area (TPSA) is 88.1 Å². The highest BCUT2D eigenvalue weighted by Gasteiger charge is 2.24. The van der Waals surface area contributed by atoms with Crippen LogP contribution in [0.25, 0.3) is 0 Å². The summed E-state index contributed by atoms with van der Waals surface area (Å²) < 4.78 is 45.5. The Kier molecular flexibility index (Phi) is 5.53. The molecule has 0 saturated heterocycles. The lowest BCUT2D eigenvalue weighted by Crippen LogP contribution is -2.13. The van der Waals surface area contributed by atoms with Crippen molar-refractivity contribution in [1.29, 1.82) is 0 Å². The van der Waals surface area contributed by atoms with E-state index in [0.29, 0.717) is 11.5 Å². The van der Waals surface area contributed by atoms with Crippen LogP contribution in [0.1, 0.15) is 17.3 Å². The Bertz CT molecular complexity index is 871. The van der Waals surface area contributed by atoms with Crippen molar-refractivity contribution in [3.63, 3.8) is 0 Å². The molecule has 0 aliphatic carbocycles. The lowest BCUT2D eigenvalue weighted by molar-refractivity contribution is 0.101. The highest BCUT2D eigenvalue weighted by atomic mass is 32.2. The number of hydrogen-bond acceptors (Lipinski definition) is 7. The molecule has 0 atom stereocenters. The zero-order valence-electron chi connectivity index (χ0n) is 14.2. The van der Waals surface area contributed by atoms with Gasteiger partial charge in [-0.3, -0.25) is 4.79 Å². The lowest BCUT2D eigenvalue weighted by atomic mass is 10.1. The second-order valence-corrected chi connectivity index (χ2v) is 6.52. The van der Waals surface area contributed by atoms with E-state index in [1.807, 2.05) is 0 Å². The van der Waals surface area contributed by atoms with Crippen molar-refractivity contribution in [1.82, 2.24) is 0 Å². The third-order valence-corrected chi connectivity index (χ3v) is 4.64. The minimum Gasteiger partial charge on any atom is -0.497 e. The van der Waals surface area contributed by atoms with Crippen molar-refractivity contribution in [2.24, 2.45) is 0 Å². The van der Waals surface area contributed by atoms with Crippen LogP contribution in [0.4, 0.5) is 0 Å². The van der Waals surface area contributed by atoms with Gasteiger partial charge in [0.05, 0.1) is 21.3 Å². The van der Waals surface area contributed by atoms with Gasteiger partial charge in [0.2, 0.25) is 0 Å². The molecule has 0 aromatic heterocycles. The van der Waals surface area contributed by atoms with Crippen LogP contribution in [0.2, 0.25) is 0 Å². The molecular formula is C17H18O7S. The second kappa shape index (κ2) is 7.43. The molecule has 2 aromatic rings. The fourth-order valence-corrected chi connectivity index (χ4v) is 3.10. The van der Waals surface area contributed by atoms with E-state index >= 15 is 0 Å². The number of Topliss-reactive ketones (excluding diaryl/α,β-unsaturated/α-hetero) is 1. The van der Waals surface area contributed by atoms with Crippen LogP contribution in [-0.2, 0) is 10.1 Å².